The van der Waals surface area contributed by atoms with Gasteiger partial charge in [-0.25, -0.2) is 4.98 Å². The van der Waals surface area contributed by atoms with Gasteiger partial charge in [-0.2, -0.15) is 5.10 Å². The lowest BCUT2D eigenvalue weighted by Crippen LogP contribution is -2.38. The molecule has 1 atom stereocenters. The maximum Gasteiger partial charge on any atom is 0.273 e. The van der Waals surface area contributed by atoms with Crippen LogP contribution in [0.4, 0.5) is 5.13 Å². The number of rotatable bonds is 4. The number of thiazole rings is 1. The van der Waals surface area contributed by atoms with Gasteiger partial charge in [0.25, 0.3) is 5.91 Å². The number of carbonyl (C=O) groups is 2. The number of hydrogen-bond donors (Lipinski definition) is 1. The third-order valence-corrected chi connectivity index (χ3v) is 4.89. The van der Waals surface area contributed by atoms with Gasteiger partial charge >= 0.3 is 0 Å². The zero-order chi connectivity index (χ0) is 17.3. The predicted octanol–water partition coefficient (Wildman–Crippen LogP) is 2.22. The number of aryl methyl sites for hydroxylation is 2. The number of amides is 2. The van der Waals surface area contributed by atoms with Crippen LogP contribution in [0.25, 0.3) is 0 Å². The molecule has 7 nitrogen and oxygen atoms in total. The van der Waals surface area contributed by atoms with E-state index in [1.165, 1.54) is 18.3 Å². The van der Waals surface area contributed by atoms with E-state index in [-0.39, 0.29) is 17.9 Å². The third-order valence-electron chi connectivity index (χ3n) is 4.13. The first-order valence-corrected chi connectivity index (χ1v) is 8.87. The Hall–Kier alpha value is -2.22. The van der Waals surface area contributed by atoms with E-state index in [9.17, 15) is 9.59 Å². The summed E-state index contributed by atoms with van der Waals surface area (Å²) in [5.74, 6) is -0.265. The lowest BCUT2D eigenvalue weighted by molar-refractivity contribution is -0.114. The van der Waals surface area contributed by atoms with E-state index in [0.29, 0.717) is 17.4 Å². The Morgan fingerprint density at radius 2 is 2.21 bits per heavy atom. The highest BCUT2D eigenvalue weighted by Crippen LogP contribution is 2.24. The topological polar surface area (TPSA) is 80.1 Å². The summed E-state index contributed by atoms with van der Waals surface area (Å²) in [5.41, 5.74) is 2.49. The van der Waals surface area contributed by atoms with Crippen molar-refractivity contribution in [3.8, 4) is 0 Å². The molecule has 0 spiro atoms. The second kappa shape index (κ2) is 6.72. The average molecular weight is 347 g/mol. The Labute approximate surface area is 144 Å². The van der Waals surface area contributed by atoms with Crippen LogP contribution in [-0.4, -0.2) is 44.1 Å². The Kier molecular flexibility index (Phi) is 4.66. The van der Waals surface area contributed by atoms with Crippen molar-refractivity contribution in [2.45, 2.75) is 46.2 Å². The average Bonchev–Trinajstić information content (AvgIpc) is 3.20. The van der Waals surface area contributed by atoms with Gasteiger partial charge in [-0.15, -0.1) is 11.3 Å². The zero-order valence-corrected chi connectivity index (χ0v) is 14.9. The SMILES string of the molecule is CC(=O)Nc1nc(C(=O)N2CCCC2Cn2nc(C)cc2C)cs1. The monoisotopic (exact) mass is 347 g/mol. The largest absolute Gasteiger partial charge is 0.332 e. The highest BCUT2D eigenvalue weighted by atomic mass is 32.1. The van der Waals surface area contributed by atoms with Crippen molar-refractivity contribution in [1.82, 2.24) is 19.7 Å². The second-order valence-electron chi connectivity index (χ2n) is 6.12. The molecule has 1 aliphatic heterocycles. The zero-order valence-electron chi connectivity index (χ0n) is 14.1. The summed E-state index contributed by atoms with van der Waals surface area (Å²) in [6.07, 6.45) is 1.95. The maximum atomic E-state index is 12.8. The van der Waals surface area contributed by atoms with Crippen LogP contribution in [0, 0.1) is 13.8 Å². The van der Waals surface area contributed by atoms with Crippen LogP contribution in [-0.2, 0) is 11.3 Å². The molecule has 1 saturated heterocycles. The van der Waals surface area contributed by atoms with E-state index in [0.717, 1.165) is 30.8 Å². The van der Waals surface area contributed by atoms with E-state index in [1.807, 2.05) is 29.5 Å². The number of likely N-dealkylation sites (tertiary alicyclic amines) is 1. The molecule has 3 rings (SSSR count). The molecule has 2 aromatic heterocycles. The van der Waals surface area contributed by atoms with Crippen LogP contribution in [0.5, 0.6) is 0 Å². The highest BCUT2D eigenvalue weighted by Gasteiger charge is 2.31. The number of nitrogens with one attached hydrogen (secondary N) is 1. The molecular weight excluding hydrogens is 326 g/mol. The summed E-state index contributed by atoms with van der Waals surface area (Å²) in [4.78, 5) is 30.0. The second-order valence-corrected chi connectivity index (χ2v) is 6.98. The fourth-order valence-electron chi connectivity index (χ4n) is 3.08. The Morgan fingerprint density at radius 3 is 2.88 bits per heavy atom. The van der Waals surface area contributed by atoms with Crippen molar-refractivity contribution < 1.29 is 9.59 Å². The van der Waals surface area contributed by atoms with Crippen molar-refractivity contribution in [2.75, 3.05) is 11.9 Å². The summed E-state index contributed by atoms with van der Waals surface area (Å²) in [7, 11) is 0. The number of aromatic nitrogens is 3. The minimum Gasteiger partial charge on any atom is -0.332 e. The summed E-state index contributed by atoms with van der Waals surface area (Å²) in [6.45, 7) is 6.86. The molecule has 24 heavy (non-hydrogen) atoms. The van der Waals surface area contributed by atoms with Gasteiger partial charge in [0.05, 0.1) is 18.3 Å². The number of anilines is 1. The smallest absolute Gasteiger partial charge is 0.273 e. The number of hydrogen-bond acceptors (Lipinski definition) is 5. The molecule has 128 valence electrons. The van der Waals surface area contributed by atoms with Gasteiger partial charge in [-0.05, 0) is 32.8 Å². The molecule has 1 fully saturated rings. The van der Waals surface area contributed by atoms with Gasteiger partial charge < -0.3 is 10.2 Å². The van der Waals surface area contributed by atoms with Crippen molar-refractivity contribution in [3.05, 3.63) is 28.5 Å². The Balaban J connectivity index is 1.72. The highest BCUT2D eigenvalue weighted by molar-refractivity contribution is 7.14. The molecule has 0 radical (unpaired) electrons. The summed E-state index contributed by atoms with van der Waals surface area (Å²) in [6, 6.07) is 2.17. The van der Waals surface area contributed by atoms with Gasteiger partial charge in [0.2, 0.25) is 5.91 Å². The molecule has 2 aromatic rings. The minimum absolute atomic E-state index is 0.0770. The molecular formula is C16H21N5O2S. The Morgan fingerprint density at radius 1 is 1.42 bits per heavy atom. The molecule has 0 aromatic carbocycles. The van der Waals surface area contributed by atoms with Crippen molar-refractivity contribution in [2.24, 2.45) is 0 Å². The predicted molar refractivity (Wildman–Crippen MR) is 92.2 cm³/mol. The van der Waals surface area contributed by atoms with Gasteiger partial charge in [-0.3, -0.25) is 14.3 Å². The fraction of sp³-hybridized carbons (Fsp3) is 0.500. The van der Waals surface area contributed by atoms with Crippen molar-refractivity contribution in [1.29, 1.82) is 0 Å². The van der Waals surface area contributed by atoms with Gasteiger partial charge in [0.15, 0.2) is 5.13 Å². The van der Waals surface area contributed by atoms with Gasteiger partial charge in [0.1, 0.15) is 5.69 Å². The number of nitrogens with zero attached hydrogens (tertiary/aromatic N) is 4. The molecule has 8 heteroatoms. The van der Waals surface area contributed by atoms with Crippen LogP contribution >= 0.6 is 11.3 Å². The number of carbonyl (C=O) groups excluding carboxylic acids is 2. The normalized spacial score (nSPS) is 17.3. The van der Waals surface area contributed by atoms with Gasteiger partial charge in [0, 0.05) is 24.5 Å². The van der Waals surface area contributed by atoms with Crippen LogP contribution in [0.2, 0.25) is 0 Å². The molecule has 2 amide bonds. The fourth-order valence-corrected chi connectivity index (χ4v) is 3.81. The van der Waals surface area contributed by atoms with Crippen LogP contribution in [0.15, 0.2) is 11.4 Å². The first-order valence-electron chi connectivity index (χ1n) is 7.99. The van der Waals surface area contributed by atoms with Crippen LogP contribution in [0.3, 0.4) is 0 Å². The lowest BCUT2D eigenvalue weighted by atomic mass is 10.2. The van der Waals surface area contributed by atoms with E-state index in [2.05, 4.69) is 15.4 Å². The standard InChI is InChI=1S/C16H21N5O2S/c1-10-7-11(2)21(19-10)8-13-5-4-6-20(13)15(23)14-9-24-16(18-14)17-12(3)22/h7,9,13H,4-6,8H2,1-3H3,(H,17,18,22). The molecule has 0 saturated carbocycles. The first-order chi connectivity index (χ1) is 11.4. The third kappa shape index (κ3) is 3.48. The molecule has 1 aliphatic rings. The lowest BCUT2D eigenvalue weighted by Gasteiger charge is -2.24. The quantitative estimate of drug-likeness (QED) is 0.920. The summed E-state index contributed by atoms with van der Waals surface area (Å²) in [5, 5.41) is 9.27. The maximum absolute atomic E-state index is 12.8. The van der Waals surface area contributed by atoms with E-state index < -0.39 is 0 Å². The van der Waals surface area contributed by atoms with Crippen molar-refractivity contribution in [3.63, 3.8) is 0 Å². The molecule has 3 heterocycles. The molecule has 0 bridgehead atoms. The molecule has 1 unspecified atom stereocenters. The van der Waals surface area contributed by atoms with Crippen LogP contribution in [0.1, 0.15) is 41.6 Å². The summed E-state index contributed by atoms with van der Waals surface area (Å²) >= 11 is 1.27. The van der Waals surface area contributed by atoms with Crippen LogP contribution < -0.4 is 5.32 Å². The van der Waals surface area contributed by atoms with Crippen molar-refractivity contribution >= 4 is 28.3 Å². The Bertz CT molecular complexity index is 766. The van der Waals surface area contributed by atoms with Gasteiger partial charge in [-0.1, -0.05) is 0 Å². The first kappa shape index (κ1) is 16.6. The van der Waals surface area contributed by atoms with E-state index in [1.54, 1.807) is 5.38 Å². The molecule has 1 N–H and O–H groups in total. The van der Waals surface area contributed by atoms with E-state index >= 15 is 0 Å². The summed E-state index contributed by atoms with van der Waals surface area (Å²) < 4.78 is 1.97. The molecule has 0 aliphatic carbocycles. The van der Waals surface area contributed by atoms with E-state index in [4.69, 9.17) is 0 Å². The minimum atomic E-state index is -0.188.